The summed E-state index contributed by atoms with van der Waals surface area (Å²) < 4.78 is 2.27. The van der Waals surface area contributed by atoms with Gasteiger partial charge in [0.2, 0.25) is 5.95 Å². The van der Waals surface area contributed by atoms with Gasteiger partial charge in [0.15, 0.2) is 0 Å². The lowest BCUT2D eigenvalue weighted by Crippen LogP contribution is -2.55. The third-order valence-electron chi connectivity index (χ3n) is 5.86. The summed E-state index contributed by atoms with van der Waals surface area (Å²) in [5.74, 6) is 0.726. The molecule has 1 saturated heterocycles. The summed E-state index contributed by atoms with van der Waals surface area (Å²) in [4.78, 5) is 29.3. The average Bonchev–Trinajstić information content (AvgIpc) is 2.70. The van der Waals surface area contributed by atoms with Crippen molar-refractivity contribution in [3.05, 3.63) is 26.6 Å². The van der Waals surface area contributed by atoms with Crippen LogP contribution in [0.3, 0.4) is 0 Å². The number of hydrogen-bond acceptors (Lipinski definition) is 6. The van der Waals surface area contributed by atoms with E-state index in [2.05, 4.69) is 51.4 Å². The Labute approximate surface area is 175 Å². The van der Waals surface area contributed by atoms with Crippen LogP contribution in [0.15, 0.2) is 15.3 Å². The standard InChI is InChI=1S/C20H31BrN6O/c1-6-24(7-2)15(5)25-9-11-26(12-10-25)20-22-14(4)16-13-17(21)19(28)27(8-3)18(16)23-20/h13,15H,6-12H2,1-5H3. The molecule has 0 radical (unpaired) electrons. The van der Waals surface area contributed by atoms with Gasteiger partial charge in [0.25, 0.3) is 5.56 Å². The molecule has 0 spiro atoms. The first-order valence-electron chi connectivity index (χ1n) is 10.2. The first kappa shape index (κ1) is 21.2. The fourth-order valence-corrected chi connectivity index (χ4v) is 4.50. The van der Waals surface area contributed by atoms with E-state index in [1.807, 2.05) is 19.9 Å². The summed E-state index contributed by atoms with van der Waals surface area (Å²) in [6, 6.07) is 1.84. The van der Waals surface area contributed by atoms with Gasteiger partial charge in [-0.2, -0.15) is 4.98 Å². The molecule has 0 aliphatic carbocycles. The molecule has 1 unspecified atom stereocenters. The fraction of sp³-hybridized carbons (Fsp3) is 0.650. The van der Waals surface area contributed by atoms with E-state index >= 15 is 0 Å². The Morgan fingerprint density at radius 1 is 1.14 bits per heavy atom. The zero-order chi connectivity index (χ0) is 20.4. The van der Waals surface area contributed by atoms with Crippen molar-refractivity contribution < 1.29 is 0 Å². The number of anilines is 1. The predicted octanol–water partition coefficient (Wildman–Crippen LogP) is 2.69. The largest absolute Gasteiger partial charge is 0.338 e. The number of nitrogens with zero attached hydrogens (tertiary/aromatic N) is 6. The van der Waals surface area contributed by atoms with Crippen molar-refractivity contribution in [3.8, 4) is 0 Å². The summed E-state index contributed by atoms with van der Waals surface area (Å²) in [5.41, 5.74) is 1.58. The van der Waals surface area contributed by atoms with Crippen LogP contribution < -0.4 is 10.5 Å². The summed E-state index contributed by atoms with van der Waals surface area (Å²) in [6.45, 7) is 17.1. The lowest BCUT2D eigenvalue weighted by atomic mass is 10.2. The average molecular weight is 451 g/mol. The minimum Gasteiger partial charge on any atom is -0.338 e. The van der Waals surface area contributed by atoms with Crippen molar-refractivity contribution in [2.45, 2.75) is 47.3 Å². The van der Waals surface area contributed by atoms with Gasteiger partial charge >= 0.3 is 0 Å². The molecule has 7 nitrogen and oxygen atoms in total. The van der Waals surface area contributed by atoms with E-state index in [4.69, 9.17) is 9.97 Å². The second kappa shape index (κ2) is 8.88. The molecular weight excluding hydrogens is 420 g/mol. The molecule has 3 heterocycles. The van der Waals surface area contributed by atoms with Gasteiger partial charge in [-0.15, -0.1) is 0 Å². The van der Waals surface area contributed by atoms with Crippen LogP contribution in [0.5, 0.6) is 0 Å². The van der Waals surface area contributed by atoms with E-state index < -0.39 is 0 Å². The Morgan fingerprint density at radius 3 is 2.36 bits per heavy atom. The number of hydrogen-bond donors (Lipinski definition) is 0. The number of pyridine rings is 1. The monoisotopic (exact) mass is 450 g/mol. The molecule has 0 bridgehead atoms. The minimum atomic E-state index is -0.0445. The van der Waals surface area contributed by atoms with Gasteiger partial charge in [-0.25, -0.2) is 4.98 Å². The topological polar surface area (TPSA) is 57.5 Å². The first-order valence-corrected chi connectivity index (χ1v) is 11.0. The number of fused-ring (bicyclic) bond motifs is 1. The third-order valence-corrected chi connectivity index (χ3v) is 6.43. The van der Waals surface area contributed by atoms with Crippen molar-refractivity contribution in [2.24, 2.45) is 0 Å². The normalized spacial score (nSPS) is 16.9. The molecule has 2 aromatic heterocycles. The molecule has 154 valence electrons. The molecular formula is C20H31BrN6O. The highest BCUT2D eigenvalue weighted by molar-refractivity contribution is 9.10. The van der Waals surface area contributed by atoms with Crippen LogP contribution in [0, 0.1) is 6.92 Å². The zero-order valence-electron chi connectivity index (χ0n) is 17.6. The Hall–Kier alpha value is -1.51. The lowest BCUT2D eigenvalue weighted by molar-refractivity contribution is 0.0579. The maximum atomic E-state index is 12.5. The number of halogens is 1. The predicted molar refractivity (Wildman–Crippen MR) is 118 cm³/mol. The highest BCUT2D eigenvalue weighted by Crippen LogP contribution is 2.22. The molecule has 2 aromatic rings. The van der Waals surface area contributed by atoms with Gasteiger partial charge in [-0.05, 0) is 55.9 Å². The number of piperazine rings is 1. The molecule has 1 fully saturated rings. The highest BCUT2D eigenvalue weighted by Gasteiger charge is 2.25. The van der Waals surface area contributed by atoms with Gasteiger partial charge < -0.3 is 4.90 Å². The van der Waals surface area contributed by atoms with Crippen LogP contribution in [-0.4, -0.2) is 69.8 Å². The van der Waals surface area contributed by atoms with Gasteiger partial charge in [-0.1, -0.05) is 13.8 Å². The van der Waals surface area contributed by atoms with Crippen LogP contribution >= 0.6 is 15.9 Å². The molecule has 0 N–H and O–H groups in total. The van der Waals surface area contributed by atoms with Crippen LogP contribution in [0.4, 0.5) is 5.95 Å². The van der Waals surface area contributed by atoms with Crippen LogP contribution in [-0.2, 0) is 6.54 Å². The van der Waals surface area contributed by atoms with Crippen molar-refractivity contribution in [1.82, 2.24) is 24.3 Å². The highest BCUT2D eigenvalue weighted by atomic mass is 79.9. The smallest absolute Gasteiger partial charge is 0.266 e. The Bertz CT molecular complexity index is 886. The van der Waals surface area contributed by atoms with E-state index in [-0.39, 0.29) is 5.56 Å². The number of rotatable bonds is 6. The van der Waals surface area contributed by atoms with E-state index in [0.29, 0.717) is 17.2 Å². The maximum absolute atomic E-state index is 12.5. The Morgan fingerprint density at radius 2 is 1.79 bits per heavy atom. The quantitative estimate of drug-likeness (QED) is 0.673. The molecule has 0 aromatic carbocycles. The molecule has 3 rings (SSSR count). The minimum absolute atomic E-state index is 0.0445. The van der Waals surface area contributed by atoms with Crippen molar-refractivity contribution in [2.75, 3.05) is 44.2 Å². The molecule has 0 amide bonds. The summed E-state index contributed by atoms with van der Waals surface area (Å²) in [6.07, 6.45) is 0.444. The Kier molecular flexibility index (Phi) is 6.73. The van der Waals surface area contributed by atoms with E-state index in [9.17, 15) is 4.79 Å². The summed E-state index contributed by atoms with van der Waals surface area (Å²) >= 11 is 3.37. The maximum Gasteiger partial charge on any atom is 0.266 e. The number of aryl methyl sites for hydroxylation is 2. The van der Waals surface area contributed by atoms with Crippen LogP contribution in [0.1, 0.15) is 33.4 Å². The van der Waals surface area contributed by atoms with E-state index in [0.717, 1.165) is 61.9 Å². The number of aromatic nitrogens is 3. The van der Waals surface area contributed by atoms with Gasteiger partial charge in [0, 0.05) is 38.1 Å². The van der Waals surface area contributed by atoms with E-state index in [1.165, 1.54) is 0 Å². The molecule has 8 heteroatoms. The summed E-state index contributed by atoms with van der Waals surface area (Å²) in [5, 5.41) is 0.922. The molecule has 1 aliphatic rings. The third kappa shape index (κ3) is 3.95. The first-order chi connectivity index (χ1) is 13.4. The lowest BCUT2D eigenvalue weighted by Gasteiger charge is -2.42. The second-order valence-electron chi connectivity index (χ2n) is 7.26. The van der Waals surface area contributed by atoms with Gasteiger partial charge in [0.1, 0.15) is 5.65 Å². The molecule has 1 aliphatic heterocycles. The zero-order valence-corrected chi connectivity index (χ0v) is 19.2. The van der Waals surface area contributed by atoms with Crippen molar-refractivity contribution in [3.63, 3.8) is 0 Å². The second-order valence-corrected chi connectivity index (χ2v) is 8.12. The Balaban J connectivity index is 1.86. The van der Waals surface area contributed by atoms with E-state index in [1.54, 1.807) is 4.57 Å². The van der Waals surface area contributed by atoms with Crippen LogP contribution in [0.25, 0.3) is 11.0 Å². The fourth-order valence-electron chi connectivity index (χ4n) is 4.05. The molecule has 28 heavy (non-hydrogen) atoms. The molecule has 1 atom stereocenters. The van der Waals surface area contributed by atoms with Gasteiger partial charge in [-0.3, -0.25) is 19.2 Å². The van der Waals surface area contributed by atoms with Crippen molar-refractivity contribution >= 4 is 32.9 Å². The SMILES string of the molecule is CCN(CC)C(C)N1CCN(c2nc(C)c3cc(Br)c(=O)n(CC)c3n2)CC1. The summed E-state index contributed by atoms with van der Waals surface area (Å²) in [7, 11) is 0. The van der Waals surface area contributed by atoms with Crippen LogP contribution in [0.2, 0.25) is 0 Å². The molecule has 0 saturated carbocycles. The van der Waals surface area contributed by atoms with Crippen molar-refractivity contribution in [1.29, 1.82) is 0 Å². The van der Waals surface area contributed by atoms with Gasteiger partial charge in [0.05, 0.1) is 16.3 Å².